The Bertz CT molecular complexity index is 1100. The molecule has 1 saturated heterocycles. The fraction of sp³-hybridized carbons (Fsp3) is 0.263. The van der Waals surface area contributed by atoms with Crippen molar-refractivity contribution >= 4 is 45.6 Å². The summed E-state index contributed by atoms with van der Waals surface area (Å²) in [5, 5.41) is 6.19. The number of thioether (sulfide) groups is 1. The van der Waals surface area contributed by atoms with Crippen molar-refractivity contribution in [1.29, 1.82) is 0 Å². The molecule has 2 aromatic carbocycles. The molecule has 2 aromatic rings. The highest BCUT2D eigenvalue weighted by Crippen LogP contribution is 2.31. The van der Waals surface area contributed by atoms with Gasteiger partial charge in [-0.05, 0) is 41.8 Å². The largest absolute Gasteiger partial charge is 0.490 e. The van der Waals surface area contributed by atoms with Crippen molar-refractivity contribution in [2.75, 3.05) is 6.61 Å². The second kappa shape index (κ2) is 10.7. The fourth-order valence-electron chi connectivity index (χ4n) is 2.86. The lowest BCUT2D eigenvalue weighted by molar-refractivity contribution is -0.137. The van der Waals surface area contributed by atoms with Gasteiger partial charge >= 0.3 is 16.5 Å². The van der Waals surface area contributed by atoms with E-state index in [4.69, 9.17) is 14.1 Å². The molecule has 2 amide bonds. The van der Waals surface area contributed by atoms with Crippen LogP contribution in [0.2, 0.25) is 0 Å². The van der Waals surface area contributed by atoms with E-state index in [1.54, 1.807) is 24.3 Å². The number of nitrogens with two attached hydrogens (primary N) is 1. The average molecular weight is 527 g/mol. The number of hydrogen-bond acceptors (Lipinski definition) is 7. The quantitative estimate of drug-likeness (QED) is 0.540. The van der Waals surface area contributed by atoms with E-state index in [0.717, 1.165) is 41.6 Å². The molecule has 0 saturated carbocycles. The van der Waals surface area contributed by atoms with Gasteiger partial charge in [0.15, 0.2) is 0 Å². The lowest BCUT2D eigenvalue weighted by atomic mass is 10.1. The summed E-state index contributed by atoms with van der Waals surface area (Å²) < 4.78 is 71.3. The van der Waals surface area contributed by atoms with Crippen molar-refractivity contribution in [1.82, 2.24) is 5.32 Å². The van der Waals surface area contributed by atoms with Gasteiger partial charge < -0.3 is 4.74 Å². The number of ether oxygens (including phenoxy) is 1. The van der Waals surface area contributed by atoms with Gasteiger partial charge in [-0.15, -0.1) is 12.4 Å². The number of alkyl halides is 3. The Balaban J connectivity index is 0.00000385. The molecule has 33 heavy (non-hydrogen) atoms. The molecule has 1 aliphatic heterocycles. The van der Waals surface area contributed by atoms with E-state index in [0.29, 0.717) is 12.2 Å². The average Bonchev–Trinajstić information content (AvgIpc) is 3.01. The monoisotopic (exact) mass is 526 g/mol. The molecule has 0 radical (unpaired) electrons. The highest BCUT2D eigenvalue weighted by Gasteiger charge is 2.32. The molecule has 2 unspecified atom stereocenters. The lowest BCUT2D eigenvalue weighted by Crippen LogP contribution is -2.25. The minimum atomic E-state index is -4.54. The van der Waals surface area contributed by atoms with Gasteiger partial charge in [-0.1, -0.05) is 36.0 Å². The summed E-state index contributed by atoms with van der Waals surface area (Å²) in [5.41, 5.74) is -0.0136. The third kappa shape index (κ3) is 7.89. The van der Waals surface area contributed by atoms with Gasteiger partial charge in [0.2, 0.25) is 5.91 Å². The van der Waals surface area contributed by atoms with Gasteiger partial charge in [-0.3, -0.25) is 14.9 Å². The number of carbonyl (C=O) groups excluding carboxylic acids is 2. The molecule has 0 aromatic heterocycles. The highest BCUT2D eigenvalue weighted by molar-refractivity contribution is 8.15. The Morgan fingerprint density at radius 1 is 1.06 bits per heavy atom. The van der Waals surface area contributed by atoms with Crippen LogP contribution in [0, 0.1) is 0 Å². The number of hydrogen-bond donors (Lipinski definition) is 2. The summed E-state index contributed by atoms with van der Waals surface area (Å²) in [5.74, 6) is -0.0388. The first-order valence-electron chi connectivity index (χ1n) is 9.02. The molecule has 180 valence electrons. The molecule has 0 spiro atoms. The van der Waals surface area contributed by atoms with Crippen LogP contribution in [0.15, 0.2) is 48.5 Å². The van der Waals surface area contributed by atoms with Crippen LogP contribution in [0.1, 0.15) is 22.8 Å². The highest BCUT2D eigenvalue weighted by atomic mass is 35.5. The summed E-state index contributed by atoms with van der Waals surface area (Å²) in [6.45, 7) is -0.351. The second-order valence-electron chi connectivity index (χ2n) is 6.74. The summed E-state index contributed by atoms with van der Waals surface area (Å²) >= 11 is 0.906. The number of benzene rings is 2. The van der Waals surface area contributed by atoms with Crippen LogP contribution in [0.3, 0.4) is 0 Å². The minimum Gasteiger partial charge on any atom is -0.490 e. The second-order valence-corrected chi connectivity index (χ2v) is 9.09. The smallest absolute Gasteiger partial charge is 0.416 e. The summed E-state index contributed by atoms with van der Waals surface area (Å²) in [6, 6.07) is 10.2. The number of amides is 2. The number of rotatable bonds is 8. The lowest BCUT2D eigenvalue weighted by Gasteiger charge is -2.18. The predicted octanol–water partition coefficient (Wildman–Crippen LogP) is 3.36. The van der Waals surface area contributed by atoms with E-state index >= 15 is 0 Å². The number of nitrogens with one attached hydrogen (secondary N) is 1. The molecule has 8 nitrogen and oxygen atoms in total. The van der Waals surface area contributed by atoms with Crippen LogP contribution < -0.4 is 15.2 Å². The van der Waals surface area contributed by atoms with Crippen LogP contribution in [0.4, 0.5) is 18.0 Å². The Morgan fingerprint density at radius 3 is 2.15 bits per heavy atom. The molecule has 1 heterocycles. The van der Waals surface area contributed by atoms with Gasteiger partial charge in [-0.25, -0.2) is 9.32 Å². The van der Waals surface area contributed by atoms with E-state index in [1.165, 1.54) is 0 Å². The zero-order valence-corrected chi connectivity index (χ0v) is 19.0. The van der Waals surface area contributed by atoms with Crippen LogP contribution >= 0.6 is 24.2 Å². The predicted molar refractivity (Wildman–Crippen MR) is 116 cm³/mol. The van der Waals surface area contributed by atoms with Gasteiger partial charge in [-0.2, -0.15) is 21.6 Å². The molecule has 3 N–H and O–H groups in total. The first kappa shape index (κ1) is 26.9. The van der Waals surface area contributed by atoms with E-state index in [1.807, 2.05) is 0 Å². The van der Waals surface area contributed by atoms with E-state index in [9.17, 15) is 31.2 Å². The SMILES string of the molecule is Cl.NS(=O)(=O)OC(COc1ccc(CC2SC(=O)NC2=O)cc1)c1ccc(C(F)(F)F)cc1. The van der Waals surface area contributed by atoms with Crippen LogP contribution in [0.5, 0.6) is 5.75 Å². The Morgan fingerprint density at radius 2 is 1.67 bits per heavy atom. The summed E-state index contributed by atoms with van der Waals surface area (Å²) in [4.78, 5) is 22.9. The van der Waals surface area contributed by atoms with E-state index in [2.05, 4.69) is 5.32 Å². The third-order valence-corrected chi connectivity index (χ3v) is 5.85. The maximum atomic E-state index is 12.8. The van der Waals surface area contributed by atoms with E-state index < -0.39 is 38.6 Å². The first-order valence-corrected chi connectivity index (χ1v) is 11.4. The maximum Gasteiger partial charge on any atom is 0.416 e. The van der Waals surface area contributed by atoms with Gasteiger partial charge in [0.05, 0.1) is 10.8 Å². The maximum absolute atomic E-state index is 12.8. The Hall–Kier alpha value is -2.32. The fourth-order valence-corrected chi connectivity index (χ4v) is 4.21. The number of carbonyl (C=O) groups is 2. The van der Waals surface area contributed by atoms with Crippen LogP contribution in [-0.4, -0.2) is 31.4 Å². The molecule has 1 fully saturated rings. The first-order chi connectivity index (χ1) is 14.9. The number of halogens is 4. The molecule has 0 bridgehead atoms. The van der Waals surface area contributed by atoms with Crippen molar-refractivity contribution in [2.45, 2.75) is 24.0 Å². The van der Waals surface area contributed by atoms with Crippen molar-refractivity contribution in [3.8, 4) is 5.75 Å². The van der Waals surface area contributed by atoms with E-state index in [-0.39, 0.29) is 30.5 Å². The Kier molecular flexibility index (Phi) is 8.76. The summed E-state index contributed by atoms with van der Waals surface area (Å²) in [6.07, 6.45) is -5.50. The summed E-state index contributed by atoms with van der Waals surface area (Å²) in [7, 11) is -4.41. The molecule has 0 aliphatic carbocycles. The van der Waals surface area contributed by atoms with Gasteiger partial charge in [0.1, 0.15) is 18.5 Å². The molecular weight excluding hydrogens is 509 g/mol. The van der Waals surface area contributed by atoms with Gasteiger partial charge in [0, 0.05) is 0 Å². The number of imide groups is 1. The van der Waals surface area contributed by atoms with Crippen LogP contribution in [-0.2, 0) is 31.9 Å². The van der Waals surface area contributed by atoms with Crippen molar-refractivity contribution < 1.29 is 40.1 Å². The normalized spacial score (nSPS) is 17.3. The molecule has 2 atom stereocenters. The zero-order valence-electron chi connectivity index (χ0n) is 16.6. The zero-order chi connectivity index (χ0) is 23.5. The molecule has 14 heteroatoms. The molecular formula is C19H18ClF3N2O6S2. The van der Waals surface area contributed by atoms with Gasteiger partial charge in [0.25, 0.3) is 5.24 Å². The minimum absolute atomic E-state index is 0. The standard InChI is InChI=1S/C19H17F3N2O6S2.ClH/c20-19(21,22)13-5-3-12(4-6-13)15(30-32(23,27)28)10-29-14-7-1-11(2-8-14)9-16-17(25)24-18(26)31-16;/h1-8,15-16H,9-10H2,(H2,23,27,28)(H,24,25,26);1H. The molecule has 3 rings (SSSR count). The molecule has 1 aliphatic rings. The topological polar surface area (TPSA) is 125 Å². The Labute approximate surface area is 197 Å². The van der Waals surface area contributed by atoms with Crippen molar-refractivity contribution in [2.24, 2.45) is 5.14 Å². The van der Waals surface area contributed by atoms with Crippen molar-refractivity contribution in [3.63, 3.8) is 0 Å². The third-order valence-electron chi connectivity index (χ3n) is 4.37. The van der Waals surface area contributed by atoms with Crippen molar-refractivity contribution in [3.05, 3.63) is 65.2 Å². The van der Waals surface area contributed by atoms with Crippen LogP contribution in [0.25, 0.3) is 0 Å².